The van der Waals surface area contributed by atoms with Crippen molar-refractivity contribution in [3.8, 4) is 0 Å². The maximum atomic E-state index is 6.40. The minimum absolute atomic E-state index is 0.213. The molecule has 2 rings (SSSR count). The first-order chi connectivity index (χ1) is 5.81. The SMILES string of the molecule is NC1(C2CC=CCC2)CCCC1. The van der Waals surface area contributed by atoms with Crippen LogP contribution < -0.4 is 5.73 Å². The van der Waals surface area contributed by atoms with Gasteiger partial charge >= 0.3 is 0 Å². The van der Waals surface area contributed by atoms with E-state index in [1.54, 1.807) is 0 Å². The van der Waals surface area contributed by atoms with Crippen LogP contribution in [0.4, 0.5) is 0 Å². The monoisotopic (exact) mass is 165 g/mol. The molecule has 1 nitrogen and oxygen atoms in total. The van der Waals surface area contributed by atoms with Gasteiger partial charge in [-0.2, -0.15) is 0 Å². The lowest BCUT2D eigenvalue weighted by atomic mass is 9.76. The molecule has 0 aromatic heterocycles. The molecular weight excluding hydrogens is 146 g/mol. The van der Waals surface area contributed by atoms with Crippen LogP contribution in [0.1, 0.15) is 44.9 Å². The second-order valence-electron chi connectivity index (χ2n) is 4.42. The highest BCUT2D eigenvalue weighted by molar-refractivity contribution is 5.02. The largest absolute Gasteiger partial charge is 0.325 e. The molecule has 1 heteroatoms. The standard InChI is InChI=1S/C11H19N/c12-11(8-4-5-9-11)10-6-2-1-3-7-10/h1-2,10H,3-9,12H2. The summed E-state index contributed by atoms with van der Waals surface area (Å²) < 4.78 is 0. The summed E-state index contributed by atoms with van der Waals surface area (Å²) >= 11 is 0. The number of hydrogen-bond donors (Lipinski definition) is 1. The Balaban J connectivity index is 2.02. The zero-order valence-corrected chi connectivity index (χ0v) is 7.76. The van der Waals surface area contributed by atoms with Gasteiger partial charge in [0.05, 0.1) is 0 Å². The summed E-state index contributed by atoms with van der Waals surface area (Å²) in [5.41, 5.74) is 6.61. The Kier molecular flexibility index (Phi) is 2.22. The van der Waals surface area contributed by atoms with Gasteiger partial charge < -0.3 is 5.73 Å². The van der Waals surface area contributed by atoms with Gasteiger partial charge in [0.15, 0.2) is 0 Å². The summed E-state index contributed by atoms with van der Waals surface area (Å²) in [5.74, 6) is 0.782. The lowest BCUT2D eigenvalue weighted by Crippen LogP contribution is -2.44. The minimum atomic E-state index is 0.213. The number of allylic oxidation sites excluding steroid dienone is 2. The van der Waals surface area contributed by atoms with E-state index in [-0.39, 0.29) is 5.54 Å². The highest BCUT2D eigenvalue weighted by Crippen LogP contribution is 2.39. The molecule has 0 heterocycles. The smallest absolute Gasteiger partial charge is 0.0185 e. The summed E-state index contributed by atoms with van der Waals surface area (Å²) in [6.45, 7) is 0. The molecule has 0 radical (unpaired) electrons. The Bertz CT molecular complexity index is 177. The molecule has 1 atom stereocenters. The van der Waals surface area contributed by atoms with Crippen LogP contribution in [0.3, 0.4) is 0 Å². The Labute approximate surface area is 75.0 Å². The van der Waals surface area contributed by atoms with Gasteiger partial charge in [0.25, 0.3) is 0 Å². The molecule has 1 fully saturated rings. The van der Waals surface area contributed by atoms with E-state index < -0.39 is 0 Å². The lowest BCUT2D eigenvalue weighted by Gasteiger charge is -2.34. The maximum absolute atomic E-state index is 6.40. The van der Waals surface area contributed by atoms with Crippen molar-refractivity contribution in [2.75, 3.05) is 0 Å². The van der Waals surface area contributed by atoms with Crippen LogP contribution in [0.15, 0.2) is 12.2 Å². The fourth-order valence-corrected chi connectivity index (χ4v) is 2.76. The molecule has 0 saturated heterocycles. The van der Waals surface area contributed by atoms with Gasteiger partial charge in [-0.1, -0.05) is 25.0 Å². The zero-order chi connectivity index (χ0) is 8.44. The average Bonchev–Trinajstić information content (AvgIpc) is 2.55. The Morgan fingerprint density at radius 2 is 1.92 bits per heavy atom. The van der Waals surface area contributed by atoms with E-state index in [1.807, 2.05) is 0 Å². The van der Waals surface area contributed by atoms with Gasteiger partial charge in [0.1, 0.15) is 0 Å². The van der Waals surface area contributed by atoms with Gasteiger partial charge in [-0.05, 0) is 38.0 Å². The third kappa shape index (κ3) is 1.42. The number of rotatable bonds is 1. The number of nitrogens with two attached hydrogens (primary N) is 1. The van der Waals surface area contributed by atoms with Gasteiger partial charge in [0, 0.05) is 5.54 Å². The summed E-state index contributed by atoms with van der Waals surface area (Å²) in [6, 6.07) is 0. The molecule has 1 saturated carbocycles. The van der Waals surface area contributed by atoms with E-state index >= 15 is 0 Å². The van der Waals surface area contributed by atoms with Crippen molar-refractivity contribution in [2.45, 2.75) is 50.5 Å². The molecule has 2 aliphatic rings. The molecule has 2 aliphatic carbocycles. The molecule has 0 aliphatic heterocycles. The predicted molar refractivity (Wildman–Crippen MR) is 51.9 cm³/mol. The van der Waals surface area contributed by atoms with Crippen molar-refractivity contribution in [1.82, 2.24) is 0 Å². The van der Waals surface area contributed by atoms with E-state index in [0.29, 0.717) is 0 Å². The highest BCUT2D eigenvalue weighted by Gasteiger charge is 2.36. The summed E-state index contributed by atoms with van der Waals surface area (Å²) in [5, 5.41) is 0. The van der Waals surface area contributed by atoms with Crippen molar-refractivity contribution < 1.29 is 0 Å². The van der Waals surface area contributed by atoms with Crippen LogP contribution in [0.5, 0.6) is 0 Å². The van der Waals surface area contributed by atoms with E-state index in [4.69, 9.17) is 5.73 Å². The fourth-order valence-electron chi connectivity index (χ4n) is 2.76. The Hall–Kier alpha value is -0.300. The van der Waals surface area contributed by atoms with Crippen molar-refractivity contribution in [3.05, 3.63) is 12.2 Å². The second-order valence-corrected chi connectivity index (χ2v) is 4.42. The normalized spacial score (nSPS) is 33.9. The van der Waals surface area contributed by atoms with E-state index in [2.05, 4.69) is 12.2 Å². The first-order valence-electron chi connectivity index (χ1n) is 5.25. The molecule has 2 N–H and O–H groups in total. The van der Waals surface area contributed by atoms with Gasteiger partial charge in [-0.25, -0.2) is 0 Å². The van der Waals surface area contributed by atoms with Crippen molar-refractivity contribution in [3.63, 3.8) is 0 Å². The first kappa shape index (κ1) is 8.31. The van der Waals surface area contributed by atoms with Crippen LogP contribution in [0, 0.1) is 5.92 Å². The third-order valence-corrected chi connectivity index (χ3v) is 3.62. The Morgan fingerprint density at radius 1 is 1.17 bits per heavy atom. The molecule has 68 valence electrons. The summed E-state index contributed by atoms with van der Waals surface area (Å²) in [6.07, 6.45) is 13.7. The van der Waals surface area contributed by atoms with Crippen molar-refractivity contribution in [1.29, 1.82) is 0 Å². The van der Waals surface area contributed by atoms with Crippen LogP contribution in [0.25, 0.3) is 0 Å². The summed E-state index contributed by atoms with van der Waals surface area (Å²) in [7, 11) is 0. The van der Waals surface area contributed by atoms with Crippen molar-refractivity contribution in [2.24, 2.45) is 11.7 Å². The van der Waals surface area contributed by atoms with Crippen LogP contribution >= 0.6 is 0 Å². The van der Waals surface area contributed by atoms with Gasteiger partial charge in [-0.3, -0.25) is 0 Å². The van der Waals surface area contributed by atoms with Gasteiger partial charge in [0.2, 0.25) is 0 Å². The molecule has 0 amide bonds. The number of hydrogen-bond acceptors (Lipinski definition) is 1. The third-order valence-electron chi connectivity index (χ3n) is 3.62. The first-order valence-corrected chi connectivity index (χ1v) is 5.25. The second kappa shape index (κ2) is 3.21. The molecule has 0 bridgehead atoms. The maximum Gasteiger partial charge on any atom is 0.0185 e. The van der Waals surface area contributed by atoms with Crippen LogP contribution in [0.2, 0.25) is 0 Å². The predicted octanol–water partition coefficient (Wildman–Crippen LogP) is 2.61. The van der Waals surface area contributed by atoms with Crippen LogP contribution in [-0.2, 0) is 0 Å². The van der Waals surface area contributed by atoms with E-state index in [0.717, 1.165) is 5.92 Å². The van der Waals surface area contributed by atoms with Crippen molar-refractivity contribution >= 4 is 0 Å². The average molecular weight is 165 g/mol. The quantitative estimate of drug-likeness (QED) is 0.594. The molecule has 0 spiro atoms. The Morgan fingerprint density at radius 3 is 2.50 bits per heavy atom. The van der Waals surface area contributed by atoms with E-state index in [9.17, 15) is 0 Å². The lowest BCUT2D eigenvalue weighted by molar-refractivity contribution is 0.257. The van der Waals surface area contributed by atoms with Crippen LogP contribution in [-0.4, -0.2) is 5.54 Å². The summed E-state index contributed by atoms with van der Waals surface area (Å²) in [4.78, 5) is 0. The fraction of sp³-hybridized carbons (Fsp3) is 0.818. The highest BCUT2D eigenvalue weighted by atomic mass is 14.8. The van der Waals surface area contributed by atoms with E-state index in [1.165, 1.54) is 44.9 Å². The minimum Gasteiger partial charge on any atom is -0.325 e. The zero-order valence-electron chi connectivity index (χ0n) is 7.76. The van der Waals surface area contributed by atoms with Gasteiger partial charge in [-0.15, -0.1) is 0 Å². The molecule has 12 heavy (non-hydrogen) atoms. The molecule has 1 unspecified atom stereocenters. The topological polar surface area (TPSA) is 26.0 Å². The molecule has 0 aromatic rings. The molecular formula is C11H19N. The molecule has 0 aromatic carbocycles.